The third kappa shape index (κ3) is 3.89. The lowest BCUT2D eigenvalue weighted by Gasteiger charge is -2.03. The van der Waals surface area contributed by atoms with Gasteiger partial charge in [0, 0.05) is 23.2 Å². The van der Waals surface area contributed by atoms with Crippen LogP contribution in [0.3, 0.4) is 0 Å². The number of carbonyl (C=O) groups excluding carboxylic acids is 1. The Bertz CT molecular complexity index is 743. The number of rotatable bonds is 3. The van der Waals surface area contributed by atoms with Crippen LogP contribution in [0.15, 0.2) is 35.7 Å². The molecule has 0 saturated carbocycles. The molecule has 6 nitrogen and oxygen atoms in total. The van der Waals surface area contributed by atoms with Gasteiger partial charge in [0.25, 0.3) is 11.6 Å². The molecule has 1 heterocycles. The van der Waals surface area contributed by atoms with Gasteiger partial charge in [0.1, 0.15) is 6.61 Å². The maximum atomic E-state index is 12.0. The van der Waals surface area contributed by atoms with Gasteiger partial charge < -0.3 is 10.4 Å². The minimum atomic E-state index is -0.525. The zero-order valence-corrected chi connectivity index (χ0v) is 11.5. The molecule has 0 aliphatic carbocycles. The van der Waals surface area contributed by atoms with Gasteiger partial charge in [-0.25, -0.2) is 0 Å². The second-order valence-electron chi connectivity index (χ2n) is 3.92. The highest BCUT2D eigenvalue weighted by molar-refractivity contribution is 7.10. The van der Waals surface area contributed by atoms with Crippen LogP contribution in [0.4, 0.5) is 11.4 Å². The largest absolute Gasteiger partial charge is 0.384 e. The first-order chi connectivity index (χ1) is 10.1. The highest BCUT2D eigenvalue weighted by Gasteiger charge is 2.11. The van der Waals surface area contributed by atoms with Crippen LogP contribution in [0.5, 0.6) is 0 Å². The Morgan fingerprint density at radius 3 is 2.95 bits per heavy atom. The van der Waals surface area contributed by atoms with Crippen LogP contribution >= 0.6 is 11.3 Å². The topological polar surface area (TPSA) is 92.5 Å². The van der Waals surface area contributed by atoms with Crippen molar-refractivity contribution in [1.82, 2.24) is 0 Å². The monoisotopic (exact) mass is 302 g/mol. The van der Waals surface area contributed by atoms with Crippen molar-refractivity contribution in [1.29, 1.82) is 0 Å². The number of benzene rings is 1. The number of anilines is 1. The molecule has 0 fully saturated rings. The molecule has 2 N–H and O–H groups in total. The fourth-order valence-electron chi connectivity index (χ4n) is 1.55. The average molecular weight is 302 g/mol. The number of aliphatic hydroxyl groups is 1. The van der Waals surface area contributed by atoms with Crippen molar-refractivity contribution < 1.29 is 14.8 Å². The summed E-state index contributed by atoms with van der Waals surface area (Å²) >= 11 is 1.28. The van der Waals surface area contributed by atoms with E-state index in [9.17, 15) is 14.9 Å². The van der Waals surface area contributed by atoms with Crippen molar-refractivity contribution in [3.63, 3.8) is 0 Å². The number of nitro benzene ring substituents is 1. The Labute approximate surface area is 124 Å². The smallest absolute Gasteiger partial charge is 0.271 e. The Balaban J connectivity index is 2.12. The van der Waals surface area contributed by atoms with Crippen molar-refractivity contribution in [3.05, 3.63) is 56.3 Å². The van der Waals surface area contributed by atoms with Gasteiger partial charge in [-0.2, -0.15) is 0 Å². The molecular formula is C14H10N2O4S. The number of nitrogens with one attached hydrogen (secondary N) is 1. The summed E-state index contributed by atoms with van der Waals surface area (Å²) in [5.74, 6) is 4.83. The first kappa shape index (κ1) is 14.7. The normalized spacial score (nSPS) is 9.57. The highest BCUT2D eigenvalue weighted by Crippen LogP contribution is 2.19. The van der Waals surface area contributed by atoms with Crippen LogP contribution in [0.1, 0.15) is 15.2 Å². The second kappa shape index (κ2) is 6.65. The van der Waals surface area contributed by atoms with Crippen molar-refractivity contribution in [3.8, 4) is 11.8 Å². The fourth-order valence-corrected chi connectivity index (χ4v) is 2.30. The Hall–Kier alpha value is -2.69. The molecule has 1 aromatic heterocycles. The minimum Gasteiger partial charge on any atom is -0.384 e. The predicted octanol–water partition coefficient (Wildman–Crippen LogP) is 2.25. The van der Waals surface area contributed by atoms with Gasteiger partial charge in [0.2, 0.25) is 0 Å². The number of nitrogens with zero attached hydrogens (tertiary/aromatic N) is 1. The average Bonchev–Trinajstić information content (AvgIpc) is 2.94. The summed E-state index contributed by atoms with van der Waals surface area (Å²) in [5.41, 5.74) is 0.671. The minimum absolute atomic E-state index is 0.0902. The number of aliphatic hydroxyl groups excluding tert-OH is 1. The van der Waals surface area contributed by atoms with Gasteiger partial charge in [-0.1, -0.05) is 17.9 Å². The zero-order valence-electron chi connectivity index (χ0n) is 10.7. The number of non-ortho nitro benzene ring substituents is 1. The maximum absolute atomic E-state index is 12.0. The highest BCUT2D eigenvalue weighted by atomic mass is 32.1. The lowest BCUT2D eigenvalue weighted by atomic mass is 10.2. The summed E-state index contributed by atoms with van der Waals surface area (Å²) in [6, 6.07) is 7.31. The third-order valence-electron chi connectivity index (χ3n) is 2.47. The SMILES string of the molecule is O=C(Nc1cccc([N+](=O)[O-])c1)c1csc(C#CCO)c1. The van der Waals surface area contributed by atoms with Crippen LogP contribution in [0.25, 0.3) is 0 Å². The molecular weight excluding hydrogens is 292 g/mol. The fraction of sp³-hybridized carbons (Fsp3) is 0.0714. The van der Waals surface area contributed by atoms with Crippen LogP contribution in [0.2, 0.25) is 0 Å². The zero-order chi connectivity index (χ0) is 15.2. The number of nitro groups is 1. The number of hydrogen-bond donors (Lipinski definition) is 2. The van der Waals surface area contributed by atoms with Gasteiger partial charge in [-0.05, 0) is 12.1 Å². The maximum Gasteiger partial charge on any atom is 0.271 e. The molecule has 0 aliphatic rings. The molecule has 21 heavy (non-hydrogen) atoms. The molecule has 7 heteroatoms. The van der Waals surface area contributed by atoms with Crippen LogP contribution in [-0.2, 0) is 0 Å². The summed E-state index contributed by atoms with van der Waals surface area (Å²) in [5, 5.41) is 23.5. The summed E-state index contributed by atoms with van der Waals surface area (Å²) in [4.78, 5) is 22.8. The van der Waals surface area contributed by atoms with Gasteiger partial charge in [0.15, 0.2) is 0 Å². The van der Waals surface area contributed by atoms with Crippen molar-refractivity contribution in [2.45, 2.75) is 0 Å². The van der Waals surface area contributed by atoms with Crippen molar-refractivity contribution in [2.75, 3.05) is 11.9 Å². The van der Waals surface area contributed by atoms with Gasteiger partial charge in [-0.15, -0.1) is 11.3 Å². The summed E-state index contributed by atoms with van der Waals surface area (Å²) in [7, 11) is 0. The van der Waals surface area contributed by atoms with E-state index >= 15 is 0 Å². The predicted molar refractivity (Wildman–Crippen MR) is 79.3 cm³/mol. The van der Waals surface area contributed by atoms with E-state index in [-0.39, 0.29) is 18.2 Å². The standard InChI is InChI=1S/C14H10N2O4S/c17-6-2-5-13-7-10(9-21-13)14(18)15-11-3-1-4-12(8-11)16(19)20/h1,3-4,7-9,17H,6H2,(H,15,18). The summed E-state index contributed by atoms with van der Waals surface area (Å²) in [6.07, 6.45) is 0. The molecule has 0 atom stereocenters. The first-order valence-electron chi connectivity index (χ1n) is 5.84. The lowest BCUT2D eigenvalue weighted by Crippen LogP contribution is -2.10. The van der Waals surface area contributed by atoms with E-state index in [4.69, 9.17) is 5.11 Å². The second-order valence-corrected chi connectivity index (χ2v) is 4.83. The van der Waals surface area contributed by atoms with Crippen molar-refractivity contribution in [2.24, 2.45) is 0 Å². The molecule has 2 aromatic rings. The molecule has 2 rings (SSSR count). The number of amides is 1. The third-order valence-corrected chi connectivity index (χ3v) is 3.31. The molecule has 0 radical (unpaired) electrons. The Kier molecular flexibility index (Phi) is 4.66. The van der Waals surface area contributed by atoms with Gasteiger partial charge >= 0.3 is 0 Å². The van der Waals surface area contributed by atoms with E-state index in [1.54, 1.807) is 17.5 Å². The molecule has 0 bridgehead atoms. The van der Waals surface area contributed by atoms with E-state index in [1.165, 1.54) is 29.5 Å². The van der Waals surface area contributed by atoms with Gasteiger partial charge in [0.05, 0.1) is 15.4 Å². The molecule has 0 saturated heterocycles. The Morgan fingerprint density at radius 1 is 1.43 bits per heavy atom. The van der Waals surface area contributed by atoms with E-state index in [2.05, 4.69) is 17.2 Å². The Morgan fingerprint density at radius 2 is 2.24 bits per heavy atom. The molecule has 1 amide bonds. The molecule has 0 unspecified atom stereocenters. The number of thiophene rings is 1. The number of carbonyl (C=O) groups is 1. The van der Waals surface area contributed by atoms with E-state index in [1.807, 2.05) is 0 Å². The van der Waals surface area contributed by atoms with Gasteiger partial charge in [-0.3, -0.25) is 14.9 Å². The van der Waals surface area contributed by atoms with E-state index in [0.29, 0.717) is 16.1 Å². The lowest BCUT2D eigenvalue weighted by molar-refractivity contribution is -0.384. The first-order valence-corrected chi connectivity index (χ1v) is 6.72. The molecule has 0 spiro atoms. The van der Waals surface area contributed by atoms with E-state index < -0.39 is 4.92 Å². The summed E-state index contributed by atoms with van der Waals surface area (Å²) in [6.45, 7) is -0.243. The van der Waals surface area contributed by atoms with Crippen LogP contribution < -0.4 is 5.32 Å². The quantitative estimate of drug-likeness (QED) is 0.516. The molecule has 1 aromatic carbocycles. The van der Waals surface area contributed by atoms with Crippen LogP contribution in [-0.4, -0.2) is 22.5 Å². The molecule has 106 valence electrons. The summed E-state index contributed by atoms with van der Waals surface area (Å²) < 4.78 is 0. The van der Waals surface area contributed by atoms with Crippen LogP contribution in [0, 0.1) is 22.0 Å². The molecule has 0 aliphatic heterocycles. The number of hydrogen-bond acceptors (Lipinski definition) is 5. The van der Waals surface area contributed by atoms with E-state index in [0.717, 1.165) is 0 Å². The van der Waals surface area contributed by atoms with Crippen molar-refractivity contribution >= 4 is 28.6 Å².